The third kappa shape index (κ3) is 6.96. The van der Waals surface area contributed by atoms with Gasteiger partial charge < -0.3 is 15.2 Å². The summed E-state index contributed by atoms with van der Waals surface area (Å²) in [5.74, 6) is -0.244. The maximum Gasteiger partial charge on any atom is 0.237 e. The maximum absolute atomic E-state index is 13.0. The molecule has 0 aliphatic rings. The highest BCUT2D eigenvalue weighted by atomic mass is 35.5. The molecule has 0 saturated heterocycles. The number of nitrogens with one attached hydrogen (secondary N) is 2. The number of thioether (sulfide) groups is 1. The first-order valence-corrected chi connectivity index (χ1v) is 12.7. The van der Waals surface area contributed by atoms with Gasteiger partial charge in [0, 0.05) is 17.8 Å². The van der Waals surface area contributed by atoms with Gasteiger partial charge in [-0.1, -0.05) is 66.2 Å². The number of ketones is 1. The molecule has 0 saturated carbocycles. The van der Waals surface area contributed by atoms with Gasteiger partial charge in [0.15, 0.2) is 10.9 Å². The number of Topliss-reactive ketones (excluding diaryl/α,β-unsaturated/α-hetero) is 1. The van der Waals surface area contributed by atoms with E-state index in [-0.39, 0.29) is 29.0 Å². The van der Waals surface area contributed by atoms with Crippen molar-refractivity contribution in [1.29, 1.82) is 0 Å². The van der Waals surface area contributed by atoms with E-state index >= 15 is 0 Å². The van der Waals surface area contributed by atoms with E-state index in [4.69, 9.17) is 23.2 Å². The highest BCUT2D eigenvalue weighted by Crippen LogP contribution is 2.30. The van der Waals surface area contributed by atoms with Gasteiger partial charge in [-0.05, 0) is 37.6 Å². The molecule has 0 bridgehead atoms. The fourth-order valence-corrected chi connectivity index (χ4v) is 4.61. The molecule has 36 heavy (non-hydrogen) atoms. The largest absolute Gasteiger partial charge is 0.325 e. The molecule has 8 nitrogen and oxygen atoms in total. The molecular weight excluding hydrogens is 521 g/mol. The van der Waals surface area contributed by atoms with E-state index < -0.39 is 5.25 Å². The fourth-order valence-electron chi connectivity index (χ4n) is 3.28. The topological polar surface area (TPSA) is 106 Å². The number of halogens is 2. The summed E-state index contributed by atoms with van der Waals surface area (Å²) >= 11 is 13.4. The summed E-state index contributed by atoms with van der Waals surface area (Å²) in [5.41, 5.74) is 1.45. The van der Waals surface area contributed by atoms with Gasteiger partial charge in [0.2, 0.25) is 11.8 Å². The Kier molecular flexibility index (Phi) is 9.69. The summed E-state index contributed by atoms with van der Waals surface area (Å²) in [6, 6.07) is 11.7. The van der Waals surface area contributed by atoms with E-state index in [0.29, 0.717) is 45.9 Å². The lowest BCUT2D eigenvalue weighted by Gasteiger charge is -2.15. The standard InChI is InChI=1S/C25H25Cl2N5O3S/c1-4-12-32-21(14-22(34)29-19-11-7-10-18(26)23(19)27)30-31-25(32)36-20(5-2)24(35)28-17-9-6-8-16(13-17)15(3)33/h4,6-11,13,20H,1,5,12,14H2,2-3H3,(H,28,35)(H,29,34)/t20-/m0/s1. The molecule has 2 amide bonds. The highest BCUT2D eigenvalue weighted by Gasteiger charge is 2.23. The average molecular weight is 546 g/mol. The summed E-state index contributed by atoms with van der Waals surface area (Å²) < 4.78 is 1.74. The van der Waals surface area contributed by atoms with Gasteiger partial charge in [-0.15, -0.1) is 16.8 Å². The van der Waals surface area contributed by atoms with Gasteiger partial charge in [0.1, 0.15) is 5.82 Å². The third-order valence-corrected chi connectivity index (χ3v) is 7.26. The number of rotatable bonds is 11. The van der Waals surface area contributed by atoms with Crippen LogP contribution in [-0.2, 0) is 22.6 Å². The number of hydrogen-bond donors (Lipinski definition) is 2. The highest BCUT2D eigenvalue weighted by molar-refractivity contribution is 8.00. The number of allylic oxidation sites excluding steroid dienone is 1. The zero-order chi connectivity index (χ0) is 26.2. The molecule has 3 aromatic rings. The summed E-state index contributed by atoms with van der Waals surface area (Å²) in [7, 11) is 0. The molecule has 0 fully saturated rings. The molecule has 0 aliphatic heterocycles. The maximum atomic E-state index is 13.0. The summed E-state index contributed by atoms with van der Waals surface area (Å²) in [4.78, 5) is 37.3. The van der Waals surface area contributed by atoms with Crippen LogP contribution in [0.15, 0.2) is 60.3 Å². The average Bonchev–Trinajstić information content (AvgIpc) is 3.21. The minimum atomic E-state index is -0.481. The second-order valence-corrected chi connectivity index (χ2v) is 9.72. The van der Waals surface area contributed by atoms with Crippen molar-refractivity contribution in [1.82, 2.24) is 14.8 Å². The van der Waals surface area contributed by atoms with Crippen LogP contribution in [0.2, 0.25) is 10.0 Å². The lowest BCUT2D eigenvalue weighted by molar-refractivity contribution is -0.116. The molecule has 1 atom stereocenters. The molecule has 1 heterocycles. The Hall–Kier alpha value is -3.14. The zero-order valence-corrected chi connectivity index (χ0v) is 22.1. The van der Waals surface area contributed by atoms with E-state index in [2.05, 4.69) is 27.4 Å². The van der Waals surface area contributed by atoms with Crippen LogP contribution in [0.1, 0.15) is 36.5 Å². The first-order valence-electron chi connectivity index (χ1n) is 11.1. The van der Waals surface area contributed by atoms with E-state index in [1.54, 1.807) is 53.1 Å². The Labute approximate surface area is 223 Å². The van der Waals surface area contributed by atoms with Gasteiger partial charge >= 0.3 is 0 Å². The molecule has 0 aliphatic carbocycles. The van der Waals surface area contributed by atoms with Crippen molar-refractivity contribution in [3.8, 4) is 0 Å². The second-order valence-electron chi connectivity index (χ2n) is 7.77. The number of aromatic nitrogens is 3. The van der Waals surface area contributed by atoms with Gasteiger partial charge in [-0.25, -0.2) is 0 Å². The monoisotopic (exact) mass is 545 g/mol. The number of benzene rings is 2. The molecule has 2 N–H and O–H groups in total. The smallest absolute Gasteiger partial charge is 0.237 e. The Bertz CT molecular complexity index is 1290. The number of carbonyl (C=O) groups excluding carboxylic acids is 3. The number of anilines is 2. The first kappa shape index (κ1) is 27.4. The minimum Gasteiger partial charge on any atom is -0.325 e. The van der Waals surface area contributed by atoms with Crippen LogP contribution >= 0.6 is 35.0 Å². The Balaban J connectivity index is 1.73. The minimum absolute atomic E-state index is 0.0644. The molecule has 1 aromatic heterocycles. The van der Waals surface area contributed by atoms with Crippen molar-refractivity contribution in [3.63, 3.8) is 0 Å². The van der Waals surface area contributed by atoms with Crippen LogP contribution in [0.25, 0.3) is 0 Å². The lowest BCUT2D eigenvalue weighted by atomic mass is 10.1. The quantitative estimate of drug-likeness (QED) is 0.183. The van der Waals surface area contributed by atoms with Crippen molar-refractivity contribution < 1.29 is 14.4 Å². The first-order chi connectivity index (χ1) is 17.2. The molecule has 11 heteroatoms. The number of nitrogens with zero attached hydrogens (tertiary/aromatic N) is 3. The molecule has 0 spiro atoms. The van der Waals surface area contributed by atoms with Crippen molar-refractivity contribution >= 4 is 63.9 Å². The van der Waals surface area contributed by atoms with Crippen LogP contribution in [-0.4, -0.2) is 37.6 Å². The number of amides is 2. The number of hydrogen-bond acceptors (Lipinski definition) is 6. The molecule has 2 aromatic carbocycles. The van der Waals surface area contributed by atoms with Crippen molar-refractivity contribution in [2.75, 3.05) is 10.6 Å². The van der Waals surface area contributed by atoms with Gasteiger partial charge in [0.25, 0.3) is 0 Å². The molecule has 0 unspecified atom stereocenters. The summed E-state index contributed by atoms with van der Waals surface area (Å²) in [5, 5.41) is 14.6. The summed E-state index contributed by atoms with van der Waals surface area (Å²) in [6.45, 7) is 7.49. The third-order valence-electron chi connectivity index (χ3n) is 5.10. The van der Waals surface area contributed by atoms with E-state index in [1.165, 1.54) is 18.7 Å². The Morgan fingerprint density at radius 2 is 1.89 bits per heavy atom. The normalized spacial score (nSPS) is 11.6. The lowest BCUT2D eigenvalue weighted by Crippen LogP contribution is -2.25. The van der Waals surface area contributed by atoms with Crippen LogP contribution in [0.4, 0.5) is 11.4 Å². The molecule has 0 radical (unpaired) electrons. The van der Waals surface area contributed by atoms with Crippen LogP contribution in [0.5, 0.6) is 0 Å². The van der Waals surface area contributed by atoms with Crippen LogP contribution in [0, 0.1) is 0 Å². The van der Waals surface area contributed by atoms with Crippen LogP contribution in [0.3, 0.4) is 0 Å². The van der Waals surface area contributed by atoms with E-state index in [0.717, 1.165) is 0 Å². The predicted molar refractivity (Wildman–Crippen MR) is 144 cm³/mol. The van der Waals surface area contributed by atoms with Gasteiger partial charge in [-0.3, -0.25) is 14.4 Å². The fraction of sp³-hybridized carbons (Fsp3) is 0.240. The van der Waals surface area contributed by atoms with Crippen LogP contribution < -0.4 is 10.6 Å². The SMILES string of the molecule is C=CCn1c(CC(=O)Nc2cccc(Cl)c2Cl)nnc1S[C@@H](CC)C(=O)Nc1cccc(C(C)=O)c1. The molecule has 3 rings (SSSR count). The van der Waals surface area contributed by atoms with Crippen molar-refractivity contribution in [2.45, 2.75) is 43.6 Å². The van der Waals surface area contributed by atoms with E-state index in [1.807, 2.05) is 6.92 Å². The molecule has 188 valence electrons. The predicted octanol–water partition coefficient (Wildman–Crippen LogP) is 5.66. The Morgan fingerprint density at radius 1 is 1.14 bits per heavy atom. The van der Waals surface area contributed by atoms with Gasteiger partial charge in [-0.2, -0.15) is 0 Å². The Morgan fingerprint density at radius 3 is 2.58 bits per heavy atom. The number of carbonyl (C=O) groups is 3. The van der Waals surface area contributed by atoms with Crippen molar-refractivity contribution in [2.24, 2.45) is 0 Å². The summed E-state index contributed by atoms with van der Waals surface area (Å²) in [6.07, 6.45) is 2.12. The zero-order valence-electron chi connectivity index (χ0n) is 19.8. The van der Waals surface area contributed by atoms with E-state index in [9.17, 15) is 14.4 Å². The van der Waals surface area contributed by atoms with Gasteiger partial charge in [0.05, 0.1) is 27.4 Å². The second kappa shape index (κ2) is 12.7. The van der Waals surface area contributed by atoms with Crippen molar-refractivity contribution in [3.05, 3.63) is 76.6 Å². The molecular formula is C25H25Cl2N5O3S.